The third-order valence-electron chi connectivity index (χ3n) is 22.4. The monoisotopic (exact) mass is 1630 g/mol. The number of hydrogen-bond acceptors (Lipinski definition) is 15. The average molecular weight is 1630 g/mol. The van der Waals surface area contributed by atoms with Crippen molar-refractivity contribution in [3.8, 4) is 0 Å². The zero-order valence-electron chi connectivity index (χ0n) is 73.8. The van der Waals surface area contributed by atoms with Crippen LogP contribution in [-0.4, -0.2) is 96.7 Å². The number of aliphatic hydroxyl groups excluding tert-OH is 1. The fraction of sp³-hybridized carbons (Fsp3) is 0.957. The minimum absolute atomic E-state index is 0.109. The summed E-state index contributed by atoms with van der Waals surface area (Å²) in [6.07, 6.45) is 82.0. The van der Waals surface area contributed by atoms with Crippen LogP contribution >= 0.6 is 15.6 Å². The lowest BCUT2D eigenvalue weighted by Gasteiger charge is -2.21. The molecule has 3 unspecified atom stereocenters. The van der Waals surface area contributed by atoms with Gasteiger partial charge in [-0.1, -0.05) is 458 Å². The van der Waals surface area contributed by atoms with Crippen LogP contribution in [0.3, 0.4) is 0 Å². The highest BCUT2D eigenvalue weighted by Crippen LogP contribution is 2.45. The smallest absolute Gasteiger partial charge is 0.462 e. The number of ether oxygens (including phenoxy) is 4. The molecule has 19 heteroatoms. The topological polar surface area (TPSA) is 237 Å². The van der Waals surface area contributed by atoms with Gasteiger partial charge < -0.3 is 33.8 Å². The largest absolute Gasteiger partial charge is 0.472 e. The zero-order chi connectivity index (χ0) is 81.8. The Morgan fingerprint density at radius 1 is 0.250 bits per heavy atom. The summed E-state index contributed by atoms with van der Waals surface area (Å²) in [4.78, 5) is 73.5. The molecule has 0 fully saturated rings. The van der Waals surface area contributed by atoms with Crippen molar-refractivity contribution in [1.29, 1.82) is 0 Å². The van der Waals surface area contributed by atoms with Gasteiger partial charge in [0.15, 0.2) is 12.2 Å². The first kappa shape index (κ1) is 110. The average Bonchev–Trinajstić information content (AvgIpc) is 0.899. The molecule has 3 N–H and O–H groups in total. The molecule has 0 aliphatic carbocycles. The van der Waals surface area contributed by atoms with Crippen molar-refractivity contribution in [2.75, 3.05) is 39.6 Å². The fourth-order valence-electron chi connectivity index (χ4n) is 14.7. The van der Waals surface area contributed by atoms with Crippen LogP contribution in [0.25, 0.3) is 0 Å². The maximum atomic E-state index is 13.2. The molecule has 0 radical (unpaired) electrons. The van der Waals surface area contributed by atoms with Crippen LogP contribution in [-0.2, 0) is 65.4 Å². The number of esters is 4. The molecule has 0 bridgehead atoms. The number of phosphoric acid groups is 2. The quantitative estimate of drug-likeness (QED) is 0.0222. The van der Waals surface area contributed by atoms with E-state index >= 15 is 0 Å². The molecule has 17 nitrogen and oxygen atoms in total. The molecule has 0 amide bonds. The Balaban J connectivity index is 5.23. The molecule has 0 aliphatic heterocycles. The lowest BCUT2D eigenvalue weighted by molar-refractivity contribution is -0.161. The third kappa shape index (κ3) is 84.5. The summed E-state index contributed by atoms with van der Waals surface area (Å²) in [5.74, 6) is -1.22. The molecule has 6 atom stereocenters. The first-order valence-electron chi connectivity index (χ1n) is 48.2. The fourth-order valence-corrected chi connectivity index (χ4v) is 16.3. The number of carbonyl (C=O) groups is 4. The molecule has 0 aliphatic rings. The van der Waals surface area contributed by atoms with Crippen molar-refractivity contribution >= 4 is 39.5 Å². The molecular formula is C93H182O17P2. The van der Waals surface area contributed by atoms with Gasteiger partial charge in [-0.25, -0.2) is 9.13 Å². The summed E-state index contributed by atoms with van der Waals surface area (Å²) in [6, 6.07) is 0. The van der Waals surface area contributed by atoms with Crippen molar-refractivity contribution in [2.45, 2.75) is 528 Å². The second kappa shape index (κ2) is 85.5. The molecule has 0 saturated heterocycles. The van der Waals surface area contributed by atoms with Crippen LogP contribution in [0.2, 0.25) is 0 Å². The predicted octanol–water partition coefficient (Wildman–Crippen LogP) is 29.1. The molecule has 0 rings (SSSR count). The van der Waals surface area contributed by atoms with Gasteiger partial charge in [-0.2, -0.15) is 0 Å². The Morgan fingerprint density at radius 3 is 0.634 bits per heavy atom. The highest BCUT2D eigenvalue weighted by molar-refractivity contribution is 7.47. The van der Waals surface area contributed by atoms with E-state index in [1.807, 2.05) is 0 Å². The first-order chi connectivity index (χ1) is 54.6. The van der Waals surface area contributed by atoms with E-state index in [1.165, 1.54) is 334 Å². The van der Waals surface area contributed by atoms with Crippen LogP contribution in [0.15, 0.2) is 0 Å². The second-order valence-corrected chi connectivity index (χ2v) is 36.6. The second-order valence-electron chi connectivity index (χ2n) is 33.6. The van der Waals surface area contributed by atoms with Gasteiger partial charge in [0, 0.05) is 25.7 Å². The van der Waals surface area contributed by atoms with E-state index in [-0.39, 0.29) is 25.7 Å². The van der Waals surface area contributed by atoms with E-state index in [2.05, 4.69) is 34.6 Å². The number of carbonyl (C=O) groups excluding carboxylic acids is 4. The van der Waals surface area contributed by atoms with E-state index in [0.717, 1.165) is 95.8 Å². The lowest BCUT2D eigenvalue weighted by atomic mass is 9.99. The first-order valence-corrected chi connectivity index (χ1v) is 51.2. The van der Waals surface area contributed by atoms with Crippen molar-refractivity contribution in [3.05, 3.63) is 0 Å². The minimum atomic E-state index is -4.97. The molecule has 0 spiro atoms. The normalized spacial score (nSPS) is 13.9. The van der Waals surface area contributed by atoms with E-state index in [9.17, 15) is 43.2 Å². The number of unbranched alkanes of at least 4 members (excludes halogenated alkanes) is 64. The standard InChI is InChI=1S/C93H182O17P2/c1-6-10-13-16-19-22-25-28-30-32-33-34-35-36-40-44-47-52-57-62-67-72-77-91(96)104-83-89(110-93(98)79-74-69-64-59-54-49-45-41-38-37-39-42-46-50-55-60-65-70-75-86(5)9-4)85-108-112(101,102)106-81-87(94)80-105-111(99,100)107-84-88(82-103-90(95)76-71-66-61-56-51-27-24-21-18-15-12-8-3)109-92(97)78-73-68-63-58-53-48-43-31-29-26-23-20-17-14-11-7-2/h86-89,94H,6-85H2,1-5H3,(H,99,100)(H,101,102)/t86?,87-,88+,89+/m0/s1. The van der Waals surface area contributed by atoms with Crippen LogP contribution in [0.4, 0.5) is 0 Å². The maximum Gasteiger partial charge on any atom is 0.472 e. The van der Waals surface area contributed by atoms with Gasteiger partial charge in [-0.3, -0.25) is 37.3 Å². The number of aliphatic hydroxyl groups is 1. The van der Waals surface area contributed by atoms with Crippen LogP contribution in [0.1, 0.15) is 510 Å². The van der Waals surface area contributed by atoms with Crippen LogP contribution in [0.5, 0.6) is 0 Å². The van der Waals surface area contributed by atoms with Gasteiger partial charge in [0.2, 0.25) is 0 Å². The Hall–Kier alpha value is -1.94. The van der Waals surface area contributed by atoms with Crippen LogP contribution < -0.4 is 0 Å². The van der Waals surface area contributed by atoms with Gasteiger partial charge in [0.25, 0.3) is 0 Å². The van der Waals surface area contributed by atoms with Gasteiger partial charge in [0.05, 0.1) is 26.4 Å². The van der Waals surface area contributed by atoms with Gasteiger partial charge in [-0.15, -0.1) is 0 Å². The summed E-state index contributed by atoms with van der Waals surface area (Å²) in [5.41, 5.74) is 0. The van der Waals surface area contributed by atoms with Gasteiger partial charge in [-0.05, 0) is 31.6 Å². The summed E-state index contributed by atoms with van der Waals surface area (Å²) in [6.45, 7) is 7.47. The lowest BCUT2D eigenvalue weighted by Crippen LogP contribution is -2.30. The Labute approximate surface area is 689 Å². The molecule has 0 saturated carbocycles. The van der Waals surface area contributed by atoms with Crippen LogP contribution in [0, 0.1) is 5.92 Å². The summed E-state index contributed by atoms with van der Waals surface area (Å²) in [7, 11) is -9.94. The van der Waals surface area contributed by atoms with Crippen molar-refractivity contribution in [1.82, 2.24) is 0 Å². The summed E-state index contributed by atoms with van der Waals surface area (Å²) in [5, 5.41) is 10.7. The molecule has 0 aromatic heterocycles. The Morgan fingerprint density at radius 2 is 0.429 bits per heavy atom. The highest BCUT2D eigenvalue weighted by atomic mass is 31.2. The molecule has 112 heavy (non-hydrogen) atoms. The molecule has 666 valence electrons. The summed E-state index contributed by atoms with van der Waals surface area (Å²) < 4.78 is 69.1. The van der Waals surface area contributed by atoms with Crippen molar-refractivity contribution in [3.63, 3.8) is 0 Å². The van der Waals surface area contributed by atoms with E-state index < -0.39 is 97.5 Å². The third-order valence-corrected chi connectivity index (χ3v) is 24.3. The van der Waals surface area contributed by atoms with Gasteiger partial charge >= 0.3 is 39.5 Å². The molecule has 0 aromatic carbocycles. The predicted molar refractivity (Wildman–Crippen MR) is 465 cm³/mol. The number of rotatable bonds is 93. The van der Waals surface area contributed by atoms with E-state index in [1.54, 1.807) is 0 Å². The zero-order valence-corrected chi connectivity index (χ0v) is 75.6. The Bertz CT molecular complexity index is 2120. The van der Waals surface area contributed by atoms with Crippen molar-refractivity contribution in [2.24, 2.45) is 5.92 Å². The van der Waals surface area contributed by atoms with E-state index in [4.69, 9.17) is 37.0 Å². The maximum absolute atomic E-state index is 13.2. The highest BCUT2D eigenvalue weighted by Gasteiger charge is 2.31. The summed E-state index contributed by atoms with van der Waals surface area (Å²) >= 11 is 0. The Kier molecular flexibility index (Phi) is 84.0. The SMILES string of the molecule is CCCCCCCCCCCCCCCCCCCCCCCCC(=O)OC[C@H](COP(=O)(O)OC[C@@H](O)COP(=O)(O)OC[C@@H](COC(=O)CCCCCCCCCCCCCC)OC(=O)CCCCCCCCCCCCCCCCCC)OC(=O)CCCCCCCCCCCCCCCCCCCCC(C)CC. The van der Waals surface area contributed by atoms with Crippen molar-refractivity contribution < 1.29 is 80.2 Å². The van der Waals surface area contributed by atoms with E-state index in [0.29, 0.717) is 25.7 Å². The minimum Gasteiger partial charge on any atom is -0.462 e. The number of hydrogen-bond donors (Lipinski definition) is 3. The molecular weight excluding hydrogens is 1450 g/mol. The molecule has 0 aromatic rings. The molecule has 0 heterocycles. The number of phosphoric ester groups is 2. The van der Waals surface area contributed by atoms with Gasteiger partial charge in [0.1, 0.15) is 19.3 Å².